The van der Waals surface area contributed by atoms with Crippen LogP contribution in [0.25, 0.3) is 10.8 Å². The molecule has 3 aromatic carbocycles. The van der Waals surface area contributed by atoms with Crippen LogP contribution in [0.4, 0.5) is 4.79 Å². The third kappa shape index (κ3) is 7.72. The molecule has 1 amide bonds. The first-order valence-electron chi connectivity index (χ1n) is 14.2. The lowest BCUT2D eigenvalue weighted by atomic mass is 9.87. The van der Waals surface area contributed by atoms with Gasteiger partial charge in [0.25, 0.3) is 0 Å². The van der Waals surface area contributed by atoms with E-state index in [0.29, 0.717) is 32.9 Å². The summed E-state index contributed by atoms with van der Waals surface area (Å²) in [6.45, 7) is 3.45. The van der Waals surface area contributed by atoms with Crippen molar-refractivity contribution in [1.82, 2.24) is 4.90 Å². The normalized spacial score (nSPS) is 21.6. The highest BCUT2D eigenvalue weighted by molar-refractivity contribution is 5.82. The van der Waals surface area contributed by atoms with Crippen LogP contribution in [0.2, 0.25) is 0 Å². The Morgan fingerprint density at radius 2 is 1.74 bits per heavy atom. The van der Waals surface area contributed by atoms with Crippen molar-refractivity contribution in [2.24, 2.45) is 0 Å². The molecule has 2 heterocycles. The molecule has 2 aliphatic rings. The van der Waals surface area contributed by atoms with Gasteiger partial charge in [0.1, 0.15) is 5.75 Å². The summed E-state index contributed by atoms with van der Waals surface area (Å²) in [5.74, 6) is 0.959. The van der Waals surface area contributed by atoms with Gasteiger partial charge < -0.3 is 29.0 Å². The number of hydrogen-bond donors (Lipinski definition) is 1. The second-order valence-electron chi connectivity index (χ2n) is 10.4. The number of benzene rings is 3. The summed E-state index contributed by atoms with van der Waals surface area (Å²) in [5, 5.41) is 12.0. The van der Waals surface area contributed by atoms with Crippen LogP contribution in [-0.2, 0) is 20.8 Å². The van der Waals surface area contributed by atoms with Crippen molar-refractivity contribution in [2.45, 2.75) is 63.4 Å². The number of nitrogens with zero attached hydrogens (tertiary/aromatic N) is 1. The first kappa shape index (κ1) is 27.4. The minimum atomic E-state index is -0.895. The Bertz CT molecular complexity index is 1190. The number of likely N-dealkylation sites (tertiary alicyclic amines) is 1. The lowest BCUT2D eigenvalue weighted by molar-refractivity contribution is -0.162. The lowest BCUT2D eigenvalue weighted by Gasteiger charge is -2.37. The molecule has 0 unspecified atom stereocenters. The van der Waals surface area contributed by atoms with Gasteiger partial charge in [-0.2, -0.15) is 0 Å². The largest absolute Gasteiger partial charge is 0.494 e. The third-order valence-electron chi connectivity index (χ3n) is 7.66. The molecule has 0 aliphatic carbocycles. The van der Waals surface area contributed by atoms with E-state index in [0.717, 1.165) is 55.6 Å². The zero-order chi connectivity index (χ0) is 26.9. The van der Waals surface area contributed by atoms with Crippen molar-refractivity contribution >= 4 is 16.9 Å². The Morgan fingerprint density at radius 1 is 0.923 bits per heavy atom. The number of piperidine rings is 1. The van der Waals surface area contributed by atoms with Crippen molar-refractivity contribution < 1.29 is 28.8 Å². The molecule has 7 nitrogen and oxygen atoms in total. The highest BCUT2D eigenvalue weighted by Gasteiger charge is 2.33. The summed E-state index contributed by atoms with van der Waals surface area (Å²) in [7, 11) is 0. The maximum atomic E-state index is 11.7. The van der Waals surface area contributed by atoms with Gasteiger partial charge in [0.15, 0.2) is 6.29 Å². The highest BCUT2D eigenvalue weighted by atomic mass is 16.7. The number of fused-ring (bicyclic) bond motifs is 1. The first-order valence-corrected chi connectivity index (χ1v) is 14.2. The Hall–Kier alpha value is -3.13. The number of rotatable bonds is 11. The summed E-state index contributed by atoms with van der Waals surface area (Å²) >= 11 is 0. The second kappa shape index (κ2) is 13.8. The van der Waals surface area contributed by atoms with Gasteiger partial charge in [-0.3, -0.25) is 0 Å². The Labute approximate surface area is 230 Å². The summed E-state index contributed by atoms with van der Waals surface area (Å²) in [4.78, 5) is 13.2. The number of unbranched alkanes of at least 4 members (excludes halogenated alkanes) is 1. The monoisotopic (exact) mass is 533 g/mol. The number of carbonyl (C=O) groups is 1. The maximum Gasteiger partial charge on any atom is 0.407 e. The van der Waals surface area contributed by atoms with Crippen molar-refractivity contribution in [1.29, 1.82) is 0 Å². The Balaban J connectivity index is 1.13. The predicted octanol–water partition coefficient (Wildman–Crippen LogP) is 6.59. The molecule has 1 N–H and O–H groups in total. The average Bonchev–Trinajstić information content (AvgIpc) is 2.98. The van der Waals surface area contributed by atoms with Crippen LogP contribution in [0, 0.1) is 0 Å². The van der Waals surface area contributed by atoms with Crippen LogP contribution in [0.15, 0.2) is 66.7 Å². The van der Waals surface area contributed by atoms with Crippen LogP contribution >= 0.6 is 0 Å². The molecule has 0 radical (unpaired) electrons. The van der Waals surface area contributed by atoms with E-state index in [1.54, 1.807) is 0 Å². The molecule has 5 rings (SSSR count). The van der Waals surface area contributed by atoms with E-state index < -0.39 is 6.09 Å². The molecule has 39 heavy (non-hydrogen) atoms. The van der Waals surface area contributed by atoms with Gasteiger partial charge in [0.2, 0.25) is 0 Å². The third-order valence-corrected chi connectivity index (χ3v) is 7.66. The molecule has 3 aromatic rings. The van der Waals surface area contributed by atoms with Crippen molar-refractivity contribution in [3.05, 3.63) is 77.9 Å². The van der Waals surface area contributed by atoms with E-state index in [4.69, 9.17) is 18.9 Å². The molecule has 0 spiro atoms. The van der Waals surface area contributed by atoms with Gasteiger partial charge in [-0.25, -0.2) is 4.79 Å². The molecule has 208 valence electrons. The van der Waals surface area contributed by atoms with Gasteiger partial charge in [-0.15, -0.1) is 0 Å². The summed E-state index contributed by atoms with van der Waals surface area (Å²) in [6.07, 6.45) is 4.74. The quantitative estimate of drug-likeness (QED) is 0.280. The summed E-state index contributed by atoms with van der Waals surface area (Å²) < 4.78 is 23.7. The van der Waals surface area contributed by atoms with Gasteiger partial charge in [0.05, 0.1) is 25.9 Å². The number of amides is 1. The number of ether oxygens (including phenoxy) is 4. The van der Waals surface area contributed by atoms with Crippen LogP contribution < -0.4 is 4.74 Å². The summed E-state index contributed by atoms with van der Waals surface area (Å²) in [6, 6.07) is 22.8. The standard InChI is InChI=1S/C32H39NO6/c34-32(35)33-17-16-29(30(22-33)39-23-24-10-11-25-7-1-2-8-27(25)21-24)26-12-14-28(15-13-26)36-18-5-6-20-38-31-9-3-4-19-37-31/h1-2,7-8,10-15,21,29-31H,3-6,9,16-20,22-23H2,(H,34,35)/t29-,30+,31-/m1/s1. The zero-order valence-corrected chi connectivity index (χ0v) is 22.5. The van der Waals surface area contributed by atoms with Gasteiger partial charge in [-0.1, -0.05) is 48.5 Å². The highest BCUT2D eigenvalue weighted by Crippen LogP contribution is 2.32. The maximum absolute atomic E-state index is 11.7. The van der Waals surface area contributed by atoms with Crippen LogP contribution in [0.3, 0.4) is 0 Å². The van der Waals surface area contributed by atoms with Crippen LogP contribution in [0.1, 0.15) is 55.6 Å². The first-order chi connectivity index (χ1) is 19.2. The molecule has 0 aromatic heterocycles. The van der Waals surface area contributed by atoms with E-state index in [1.165, 1.54) is 22.1 Å². The van der Waals surface area contributed by atoms with E-state index in [-0.39, 0.29) is 18.3 Å². The minimum Gasteiger partial charge on any atom is -0.494 e. The van der Waals surface area contributed by atoms with Crippen molar-refractivity contribution in [3.8, 4) is 5.75 Å². The molecule has 0 bridgehead atoms. The molecule has 3 atom stereocenters. The van der Waals surface area contributed by atoms with Gasteiger partial charge >= 0.3 is 6.09 Å². The molecular weight excluding hydrogens is 494 g/mol. The fraction of sp³-hybridized carbons (Fsp3) is 0.469. The Morgan fingerprint density at radius 3 is 2.54 bits per heavy atom. The topological polar surface area (TPSA) is 77.5 Å². The molecule has 0 saturated carbocycles. The van der Waals surface area contributed by atoms with Gasteiger partial charge in [0, 0.05) is 25.7 Å². The average molecular weight is 534 g/mol. The molecule has 7 heteroatoms. The van der Waals surface area contributed by atoms with Crippen molar-refractivity contribution in [3.63, 3.8) is 0 Å². The Kier molecular flexibility index (Phi) is 9.70. The smallest absolute Gasteiger partial charge is 0.407 e. The van der Waals surface area contributed by atoms with E-state index in [9.17, 15) is 9.90 Å². The second-order valence-corrected chi connectivity index (χ2v) is 10.4. The van der Waals surface area contributed by atoms with E-state index in [2.05, 4.69) is 42.5 Å². The molecule has 2 saturated heterocycles. The van der Waals surface area contributed by atoms with Crippen molar-refractivity contribution in [2.75, 3.05) is 32.9 Å². The van der Waals surface area contributed by atoms with E-state index >= 15 is 0 Å². The lowest BCUT2D eigenvalue weighted by Crippen LogP contribution is -2.46. The van der Waals surface area contributed by atoms with E-state index in [1.807, 2.05) is 24.3 Å². The van der Waals surface area contributed by atoms with Crippen LogP contribution in [-0.4, -0.2) is 61.4 Å². The SMILES string of the molecule is O=C(O)N1CC[C@H](c2ccc(OCCCCO[C@@H]3CCCCO3)cc2)[C@@H](OCc2ccc3ccccc3c2)C1. The van der Waals surface area contributed by atoms with Gasteiger partial charge in [-0.05, 0) is 78.6 Å². The zero-order valence-electron chi connectivity index (χ0n) is 22.5. The predicted molar refractivity (Wildman–Crippen MR) is 150 cm³/mol. The van der Waals surface area contributed by atoms with Crippen LogP contribution in [0.5, 0.6) is 5.75 Å². The fourth-order valence-electron chi connectivity index (χ4n) is 5.44. The number of carboxylic acid groups (broad SMARTS) is 1. The molecule has 2 fully saturated rings. The fourth-order valence-corrected chi connectivity index (χ4v) is 5.44. The summed E-state index contributed by atoms with van der Waals surface area (Å²) in [5.41, 5.74) is 2.23. The number of hydrogen-bond acceptors (Lipinski definition) is 5. The minimum absolute atomic E-state index is 0.0324. The molecular formula is C32H39NO6. The molecule has 2 aliphatic heterocycles.